The lowest BCUT2D eigenvalue weighted by Crippen LogP contribution is -1.92. The van der Waals surface area contributed by atoms with E-state index in [1.54, 1.807) is 14.0 Å². The summed E-state index contributed by atoms with van der Waals surface area (Å²) in [6.45, 7) is 2.31. The molecule has 100 valence electrons. The van der Waals surface area contributed by atoms with Gasteiger partial charge in [0.25, 0.3) is 0 Å². The van der Waals surface area contributed by atoms with Crippen molar-refractivity contribution >= 4 is 0 Å². The molecule has 0 aliphatic heterocycles. The zero-order valence-electron chi connectivity index (χ0n) is 11.2. The summed E-state index contributed by atoms with van der Waals surface area (Å²) >= 11 is 0. The summed E-state index contributed by atoms with van der Waals surface area (Å²) in [5.41, 5.74) is 1.95. The summed E-state index contributed by atoms with van der Waals surface area (Å²) in [5.74, 6) is 1.53. The molecule has 0 aliphatic rings. The molecule has 3 heteroatoms. The summed E-state index contributed by atoms with van der Waals surface area (Å²) in [6, 6.07) is 15.2. The van der Waals surface area contributed by atoms with Gasteiger partial charge in [-0.05, 0) is 42.3 Å². The Morgan fingerprint density at radius 3 is 2.42 bits per heavy atom. The Morgan fingerprint density at radius 2 is 1.79 bits per heavy atom. The maximum Gasteiger partial charge on any atom is 0.127 e. The van der Waals surface area contributed by atoms with Crippen LogP contribution in [-0.2, 0) is 11.3 Å². The molecule has 3 nitrogen and oxygen atoms in total. The summed E-state index contributed by atoms with van der Waals surface area (Å²) in [6.07, 6.45) is -0.459. The molecule has 0 saturated heterocycles. The second kappa shape index (κ2) is 6.36. The van der Waals surface area contributed by atoms with Crippen molar-refractivity contribution in [2.24, 2.45) is 0 Å². The van der Waals surface area contributed by atoms with Gasteiger partial charge in [-0.3, -0.25) is 0 Å². The van der Waals surface area contributed by atoms with Crippen molar-refractivity contribution in [1.29, 1.82) is 0 Å². The van der Waals surface area contributed by atoms with Crippen molar-refractivity contribution in [3.63, 3.8) is 0 Å². The highest BCUT2D eigenvalue weighted by Gasteiger charge is 2.02. The van der Waals surface area contributed by atoms with Crippen LogP contribution < -0.4 is 4.74 Å². The molecule has 1 N–H and O–H groups in total. The highest BCUT2D eigenvalue weighted by molar-refractivity contribution is 5.35. The van der Waals surface area contributed by atoms with Crippen molar-refractivity contribution in [1.82, 2.24) is 0 Å². The average molecular weight is 258 g/mol. The van der Waals surface area contributed by atoms with E-state index in [2.05, 4.69) is 0 Å². The van der Waals surface area contributed by atoms with Crippen LogP contribution in [0.5, 0.6) is 11.5 Å². The zero-order chi connectivity index (χ0) is 13.7. The van der Waals surface area contributed by atoms with Gasteiger partial charge in [-0.15, -0.1) is 0 Å². The van der Waals surface area contributed by atoms with E-state index in [0.717, 1.165) is 22.6 Å². The number of hydrogen-bond donors (Lipinski definition) is 1. The first-order valence-corrected chi connectivity index (χ1v) is 6.23. The minimum atomic E-state index is -0.459. The van der Waals surface area contributed by atoms with Crippen LogP contribution in [0.2, 0.25) is 0 Å². The maximum atomic E-state index is 9.45. The molecule has 0 fully saturated rings. The molecule has 2 aromatic carbocycles. The first kappa shape index (κ1) is 13.6. The molecular weight excluding hydrogens is 240 g/mol. The Hall–Kier alpha value is -1.84. The molecule has 0 aromatic heterocycles. The van der Waals surface area contributed by atoms with Gasteiger partial charge in [0.05, 0.1) is 12.7 Å². The standard InChI is InChI=1S/C16H18O3/c1-12(17)14-6-8-15(9-7-14)19-16-5-3-4-13(10-16)11-18-2/h3-10,12,17H,11H2,1-2H3/t12-/m0/s1. The Kier molecular flexibility index (Phi) is 4.55. The summed E-state index contributed by atoms with van der Waals surface area (Å²) in [5, 5.41) is 9.45. The molecule has 0 heterocycles. The highest BCUT2D eigenvalue weighted by atomic mass is 16.5. The summed E-state index contributed by atoms with van der Waals surface area (Å²) < 4.78 is 10.9. The number of aliphatic hydroxyl groups is 1. The number of methoxy groups -OCH3 is 1. The number of rotatable bonds is 5. The van der Waals surface area contributed by atoms with E-state index in [0.29, 0.717) is 6.61 Å². The van der Waals surface area contributed by atoms with Crippen LogP contribution in [0.4, 0.5) is 0 Å². The van der Waals surface area contributed by atoms with Crippen molar-refractivity contribution in [3.05, 3.63) is 59.7 Å². The largest absolute Gasteiger partial charge is 0.457 e. The first-order valence-electron chi connectivity index (χ1n) is 6.23. The van der Waals surface area contributed by atoms with Gasteiger partial charge in [0.1, 0.15) is 11.5 Å². The van der Waals surface area contributed by atoms with Gasteiger partial charge in [-0.1, -0.05) is 24.3 Å². The van der Waals surface area contributed by atoms with Gasteiger partial charge < -0.3 is 14.6 Å². The third-order valence-electron chi connectivity index (χ3n) is 2.81. The Bertz CT molecular complexity index is 518. The molecule has 19 heavy (non-hydrogen) atoms. The Morgan fingerprint density at radius 1 is 1.05 bits per heavy atom. The lowest BCUT2D eigenvalue weighted by atomic mass is 10.1. The molecule has 0 saturated carbocycles. The van der Waals surface area contributed by atoms with Crippen LogP contribution in [0.3, 0.4) is 0 Å². The summed E-state index contributed by atoms with van der Waals surface area (Å²) in [4.78, 5) is 0. The van der Waals surface area contributed by atoms with Gasteiger partial charge in [0, 0.05) is 7.11 Å². The highest BCUT2D eigenvalue weighted by Crippen LogP contribution is 2.24. The van der Waals surface area contributed by atoms with Crippen LogP contribution in [-0.4, -0.2) is 12.2 Å². The molecule has 0 spiro atoms. The molecule has 0 aliphatic carbocycles. The predicted molar refractivity (Wildman–Crippen MR) is 74.3 cm³/mol. The van der Waals surface area contributed by atoms with E-state index in [4.69, 9.17) is 9.47 Å². The lowest BCUT2D eigenvalue weighted by Gasteiger charge is -2.09. The number of ether oxygens (including phenoxy) is 2. The second-order valence-corrected chi connectivity index (χ2v) is 4.43. The quantitative estimate of drug-likeness (QED) is 0.889. The van der Waals surface area contributed by atoms with Crippen LogP contribution in [0.25, 0.3) is 0 Å². The van der Waals surface area contributed by atoms with Crippen LogP contribution in [0, 0.1) is 0 Å². The fourth-order valence-corrected chi connectivity index (χ4v) is 1.82. The molecule has 0 radical (unpaired) electrons. The lowest BCUT2D eigenvalue weighted by molar-refractivity contribution is 0.184. The number of benzene rings is 2. The molecular formula is C16H18O3. The van der Waals surface area contributed by atoms with E-state index in [-0.39, 0.29) is 0 Å². The van der Waals surface area contributed by atoms with Crippen molar-refractivity contribution < 1.29 is 14.6 Å². The molecule has 2 rings (SSSR count). The zero-order valence-corrected chi connectivity index (χ0v) is 11.2. The van der Waals surface area contributed by atoms with Gasteiger partial charge >= 0.3 is 0 Å². The Balaban J connectivity index is 2.10. The first-order chi connectivity index (χ1) is 9.19. The van der Waals surface area contributed by atoms with Crippen molar-refractivity contribution in [2.75, 3.05) is 7.11 Å². The Labute approximate surface area is 113 Å². The minimum absolute atomic E-state index is 0.459. The second-order valence-electron chi connectivity index (χ2n) is 4.43. The molecule has 0 unspecified atom stereocenters. The van der Waals surface area contributed by atoms with Crippen LogP contribution in [0.1, 0.15) is 24.2 Å². The van der Waals surface area contributed by atoms with Crippen molar-refractivity contribution in [3.8, 4) is 11.5 Å². The van der Waals surface area contributed by atoms with Gasteiger partial charge in [0.2, 0.25) is 0 Å². The average Bonchev–Trinajstić information content (AvgIpc) is 2.40. The van der Waals surface area contributed by atoms with E-state index < -0.39 is 6.10 Å². The van der Waals surface area contributed by atoms with E-state index in [9.17, 15) is 5.11 Å². The molecule has 0 amide bonds. The summed E-state index contributed by atoms with van der Waals surface area (Å²) in [7, 11) is 1.67. The fourth-order valence-electron chi connectivity index (χ4n) is 1.82. The van der Waals surface area contributed by atoms with E-state index in [1.807, 2.05) is 48.5 Å². The predicted octanol–water partition coefficient (Wildman–Crippen LogP) is 3.68. The topological polar surface area (TPSA) is 38.7 Å². The van der Waals surface area contributed by atoms with E-state index >= 15 is 0 Å². The third-order valence-corrected chi connectivity index (χ3v) is 2.81. The normalized spacial score (nSPS) is 12.2. The monoisotopic (exact) mass is 258 g/mol. The van der Waals surface area contributed by atoms with E-state index in [1.165, 1.54) is 0 Å². The molecule has 2 aromatic rings. The third kappa shape index (κ3) is 3.81. The van der Waals surface area contributed by atoms with Gasteiger partial charge in [-0.2, -0.15) is 0 Å². The van der Waals surface area contributed by atoms with Gasteiger partial charge in [-0.25, -0.2) is 0 Å². The van der Waals surface area contributed by atoms with Crippen molar-refractivity contribution in [2.45, 2.75) is 19.6 Å². The smallest absolute Gasteiger partial charge is 0.127 e. The fraction of sp³-hybridized carbons (Fsp3) is 0.250. The molecule has 0 bridgehead atoms. The maximum absolute atomic E-state index is 9.45. The number of aliphatic hydroxyl groups excluding tert-OH is 1. The van der Waals surface area contributed by atoms with Crippen LogP contribution >= 0.6 is 0 Å². The van der Waals surface area contributed by atoms with Crippen LogP contribution in [0.15, 0.2) is 48.5 Å². The minimum Gasteiger partial charge on any atom is -0.457 e. The SMILES string of the molecule is COCc1cccc(Oc2ccc([C@H](C)O)cc2)c1. The number of hydrogen-bond acceptors (Lipinski definition) is 3. The van der Waals surface area contributed by atoms with Gasteiger partial charge in [0.15, 0.2) is 0 Å². The molecule has 1 atom stereocenters.